The van der Waals surface area contributed by atoms with E-state index in [2.05, 4.69) is 21.2 Å². The lowest BCUT2D eigenvalue weighted by atomic mass is 9.82. The van der Waals surface area contributed by atoms with E-state index >= 15 is 0 Å². The van der Waals surface area contributed by atoms with E-state index in [1.165, 1.54) is 17.8 Å². The van der Waals surface area contributed by atoms with Crippen LogP contribution in [0.4, 0.5) is 5.69 Å². The molecule has 8 heteroatoms. The van der Waals surface area contributed by atoms with E-state index < -0.39 is 11.9 Å². The van der Waals surface area contributed by atoms with E-state index in [-0.39, 0.29) is 40.6 Å². The molecule has 0 aromatic heterocycles. The number of thioether (sulfide) groups is 1. The number of carbonyl (C=O) groups excluding carboxylic acids is 2. The molecule has 0 fully saturated rings. The van der Waals surface area contributed by atoms with Gasteiger partial charge in [0, 0.05) is 33.7 Å². The Bertz CT molecular complexity index is 906. The molecule has 0 bridgehead atoms. The van der Waals surface area contributed by atoms with Gasteiger partial charge >= 0.3 is 0 Å². The summed E-state index contributed by atoms with van der Waals surface area (Å²) in [5.41, 5.74) is 1.14. The number of rotatable bonds is 7. The fraction of sp³-hybridized carbons (Fsp3) is 0.263. The van der Waals surface area contributed by atoms with Gasteiger partial charge in [0.15, 0.2) is 11.6 Å². The van der Waals surface area contributed by atoms with Gasteiger partial charge in [-0.15, -0.1) is 23.4 Å². The van der Waals surface area contributed by atoms with Gasteiger partial charge in [-0.05, 0) is 6.07 Å². The third-order valence-corrected chi connectivity index (χ3v) is 6.49. The van der Waals surface area contributed by atoms with Crippen LogP contribution >= 0.6 is 39.3 Å². The summed E-state index contributed by atoms with van der Waals surface area (Å²) in [6, 6.07) is 8.05. The summed E-state index contributed by atoms with van der Waals surface area (Å²) in [5, 5.41) is 24.1. The summed E-state index contributed by atoms with van der Waals surface area (Å²) in [5.74, 6) is -0.218. The van der Waals surface area contributed by atoms with Crippen LogP contribution in [0.2, 0.25) is 0 Å². The van der Waals surface area contributed by atoms with Crippen LogP contribution in [-0.4, -0.2) is 51.4 Å². The number of fused-ring (bicyclic) bond motifs is 2. The number of benzene rings is 2. The lowest BCUT2D eigenvalue weighted by molar-refractivity contribution is 0.0977. The number of hydrogen-bond donors (Lipinski definition) is 3. The SMILES string of the molecule is O=C1c2ccccc2C(=O)c2c(NCC(O)CCl)c(SCCBr)cc(O)c21. The predicted molar refractivity (Wildman–Crippen MR) is 111 cm³/mol. The minimum absolute atomic E-state index is 0.00949. The van der Waals surface area contributed by atoms with E-state index in [1.807, 2.05) is 0 Å². The Morgan fingerprint density at radius 3 is 2.37 bits per heavy atom. The number of hydrogen-bond acceptors (Lipinski definition) is 6. The molecular weight excluding hydrogens is 454 g/mol. The molecule has 0 aliphatic heterocycles. The number of phenolic OH excluding ortho intramolecular Hbond substituents is 1. The molecule has 0 spiro atoms. The van der Waals surface area contributed by atoms with Crippen molar-refractivity contribution < 1.29 is 19.8 Å². The van der Waals surface area contributed by atoms with Crippen molar-refractivity contribution >= 4 is 56.5 Å². The fourth-order valence-electron chi connectivity index (χ4n) is 2.96. The lowest BCUT2D eigenvalue weighted by Crippen LogP contribution is -2.26. The molecule has 142 valence electrons. The second-order valence-corrected chi connectivity index (χ2v) is 8.19. The molecule has 0 amide bonds. The molecule has 3 rings (SSSR count). The maximum absolute atomic E-state index is 13.2. The first-order chi connectivity index (χ1) is 13.0. The highest BCUT2D eigenvalue weighted by Crippen LogP contribution is 2.42. The molecule has 0 heterocycles. The summed E-state index contributed by atoms with van der Waals surface area (Å²) in [7, 11) is 0. The second-order valence-electron chi connectivity index (χ2n) is 5.95. The van der Waals surface area contributed by atoms with Gasteiger partial charge in [0.25, 0.3) is 0 Å². The number of alkyl halides is 2. The Balaban J connectivity index is 2.18. The smallest absolute Gasteiger partial charge is 0.198 e. The van der Waals surface area contributed by atoms with Crippen LogP contribution in [0.15, 0.2) is 35.2 Å². The summed E-state index contributed by atoms with van der Waals surface area (Å²) in [6.07, 6.45) is -0.813. The van der Waals surface area contributed by atoms with Gasteiger partial charge in [0.05, 0.1) is 28.8 Å². The zero-order valence-electron chi connectivity index (χ0n) is 14.2. The molecule has 5 nitrogen and oxygen atoms in total. The molecule has 0 saturated heterocycles. The Hall–Kier alpha value is -1.54. The highest BCUT2D eigenvalue weighted by molar-refractivity contribution is 9.09. The summed E-state index contributed by atoms with van der Waals surface area (Å²) in [6.45, 7) is 0.117. The fourth-order valence-corrected chi connectivity index (χ4v) is 4.37. The number of aromatic hydroxyl groups is 1. The van der Waals surface area contributed by atoms with E-state index in [0.29, 0.717) is 21.9 Å². The number of aliphatic hydroxyl groups excluding tert-OH is 1. The van der Waals surface area contributed by atoms with Crippen LogP contribution in [-0.2, 0) is 0 Å². The largest absolute Gasteiger partial charge is 0.507 e. The Kier molecular flexibility index (Phi) is 6.47. The van der Waals surface area contributed by atoms with Gasteiger partial charge in [-0.1, -0.05) is 40.2 Å². The van der Waals surface area contributed by atoms with E-state index in [4.69, 9.17) is 11.6 Å². The van der Waals surface area contributed by atoms with Crippen LogP contribution < -0.4 is 5.32 Å². The quantitative estimate of drug-likeness (QED) is 0.277. The summed E-state index contributed by atoms with van der Waals surface area (Å²) in [4.78, 5) is 26.7. The van der Waals surface area contributed by atoms with Gasteiger partial charge in [-0.25, -0.2) is 0 Å². The highest BCUT2D eigenvalue weighted by Gasteiger charge is 2.35. The van der Waals surface area contributed by atoms with Crippen LogP contribution in [0, 0.1) is 0 Å². The van der Waals surface area contributed by atoms with E-state index in [1.54, 1.807) is 24.3 Å². The third kappa shape index (κ3) is 3.87. The third-order valence-electron chi connectivity index (χ3n) is 4.17. The van der Waals surface area contributed by atoms with Crippen LogP contribution in [0.1, 0.15) is 31.8 Å². The second kappa shape index (κ2) is 8.65. The Labute approximate surface area is 174 Å². The maximum atomic E-state index is 13.2. The summed E-state index contributed by atoms with van der Waals surface area (Å²) < 4.78 is 0. The maximum Gasteiger partial charge on any atom is 0.198 e. The molecule has 3 N–H and O–H groups in total. The minimum Gasteiger partial charge on any atom is -0.507 e. The number of anilines is 1. The number of halogens is 2. The average Bonchev–Trinajstić information content (AvgIpc) is 2.68. The van der Waals surface area contributed by atoms with Crippen LogP contribution in [0.25, 0.3) is 0 Å². The Morgan fingerprint density at radius 2 is 1.78 bits per heavy atom. The molecule has 1 aliphatic rings. The number of carbonyl (C=O) groups is 2. The van der Waals surface area contributed by atoms with Gasteiger partial charge in [0.1, 0.15) is 5.75 Å². The lowest BCUT2D eigenvalue weighted by Gasteiger charge is -2.24. The van der Waals surface area contributed by atoms with Crippen molar-refractivity contribution in [2.75, 3.05) is 28.8 Å². The van der Waals surface area contributed by atoms with Crippen molar-refractivity contribution in [3.05, 3.63) is 52.6 Å². The number of nitrogens with one attached hydrogen (secondary N) is 1. The first-order valence-electron chi connectivity index (χ1n) is 8.24. The molecule has 0 saturated carbocycles. The van der Waals surface area contributed by atoms with Crippen molar-refractivity contribution in [1.29, 1.82) is 0 Å². The molecule has 1 unspecified atom stereocenters. The number of phenols is 1. The molecule has 27 heavy (non-hydrogen) atoms. The predicted octanol–water partition coefficient (Wildman–Crippen LogP) is 3.67. The molecule has 0 radical (unpaired) electrons. The molecule has 1 atom stereocenters. The van der Waals surface area contributed by atoms with Crippen molar-refractivity contribution in [3.63, 3.8) is 0 Å². The van der Waals surface area contributed by atoms with Gasteiger partial charge in [0.2, 0.25) is 0 Å². The van der Waals surface area contributed by atoms with Crippen molar-refractivity contribution in [2.24, 2.45) is 0 Å². The number of ketones is 2. The zero-order valence-corrected chi connectivity index (χ0v) is 17.3. The average molecular weight is 471 g/mol. The molecular formula is C19H17BrClNO4S. The molecule has 1 aliphatic carbocycles. The normalized spacial score (nSPS) is 13.9. The zero-order chi connectivity index (χ0) is 19.6. The van der Waals surface area contributed by atoms with Crippen LogP contribution in [0.3, 0.4) is 0 Å². The first kappa shape index (κ1) is 20.2. The summed E-state index contributed by atoms with van der Waals surface area (Å²) >= 11 is 10.5. The van der Waals surface area contributed by atoms with Crippen molar-refractivity contribution in [3.8, 4) is 5.75 Å². The Morgan fingerprint density at radius 1 is 1.15 bits per heavy atom. The van der Waals surface area contributed by atoms with Crippen molar-refractivity contribution in [1.82, 2.24) is 0 Å². The highest BCUT2D eigenvalue weighted by atomic mass is 79.9. The van der Waals surface area contributed by atoms with Crippen molar-refractivity contribution in [2.45, 2.75) is 11.0 Å². The topological polar surface area (TPSA) is 86.6 Å². The van der Waals surface area contributed by atoms with Gasteiger partial charge < -0.3 is 15.5 Å². The van der Waals surface area contributed by atoms with E-state index in [9.17, 15) is 19.8 Å². The van der Waals surface area contributed by atoms with Gasteiger partial charge in [-0.3, -0.25) is 9.59 Å². The molecule has 2 aromatic carbocycles. The first-order valence-corrected chi connectivity index (χ1v) is 10.9. The standard InChI is InChI=1S/C19H17BrClNO4S/c20-5-6-27-14-7-13(24)15-16(17(14)22-9-10(23)8-21)19(26)12-4-2-1-3-11(12)18(15)25/h1-4,7,10,22-24H,5-6,8-9H2. The van der Waals surface area contributed by atoms with E-state index in [0.717, 1.165) is 5.33 Å². The van der Waals surface area contributed by atoms with Crippen LogP contribution in [0.5, 0.6) is 5.75 Å². The van der Waals surface area contributed by atoms with Gasteiger partial charge in [-0.2, -0.15) is 0 Å². The molecule has 2 aromatic rings. The number of aliphatic hydroxyl groups is 1. The minimum atomic E-state index is -0.813. The monoisotopic (exact) mass is 469 g/mol.